The molecule has 0 saturated heterocycles. The Morgan fingerprint density at radius 1 is 1.10 bits per heavy atom. The van der Waals surface area contributed by atoms with E-state index in [0.717, 1.165) is 23.0 Å². The molecule has 0 aliphatic carbocycles. The normalized spacial score (nSPS) is 11.5. The average molecular weight is 278 g/mol. The predicted octanol–water partition coefficient (Wildman–Crippen LogP) is 3.90. The van der Waals surface area contributed by atoms with Crippen molar-refractivity contribution < 1.29 is 9.90 Å². The summed E-state index contributed by atoms with van der Waals surface area (Å²) >= 11 is 0. The standard InChI is InChI=1S/C17H14N2O2/c1-2-3-6-11-7-4-9-13-15(11)19-16-12(17(20)21)8-5-10-14(16)18-13/h3-10H,2H2,1H3,(H,20,21). The number of allylic oxidation sites excluding steroid dienone is 1. The fourth-order valence-electron chi connectivity index (χ4n) is 2.29. The van der Waals surface area contributed by atoms with Crippen molar-refractivity contribution in [3.8, 4) is 0 Å². The van der Waals surface area contributed by atoms with Gasteiger partial charge in [-0.3, -0.25) is 0 Å². The predicted molar refractivity (Wildman–Crippen MR) is 83.3 cm³/mol. The lowest BCUT2D eigenvalue weighted by molar-refractivity contribution is 0.0699. The van der Waals surface area contributed by atoms with Crippen molar-refractivity contribution in [1.29, 1.82) is 0 Å². The maximum atomic E-state index is 11.3. The van der Waals surface area contributed by atoms with Gasteiger partial charge in [0.05, 0.1) is 22.1 Å². The largest absolute Gasteiger partial charge is 0.478 e. The summed E-state index contributed by atoms with van der Waals surface area (Å²) in [5.74, 6) is -0.990. The molecule has 4 heteroatoms. The Bertz CT molecular complexity index is 869. The summed E-state index contributed by atoms with van der Waals surface area (Å²) < 4.78 is 0. The number of rotatable bonds is 3. The summed E-state index contributed by atoms with van der Waals surface area (Å²) in [5.41, 5.74) is 3.64. The third-order valence-electron chi connectivity index (χ3n) is 3.29. The summed E-state index contributed by atoms with van der Waals surface area (Å²) in [6.45, 7) is 2.06. The summed E-state index contributed by atoms with van der Waals surface area (Å²) in [7, 11) is 0. The number of para-hydroxylation sites is 2. The molecule has 104 valence electrons. The number of hydrogen-bond acceptors (Lipinski definition) is 3. The first-order valence-corrected chi connectivity index (χ1v) is 6.80. The Morgan fingerprint density at radius 3 is 2.52 bits per heavy atom. The molecular formula is C17H14N2O2. The van der Waals surface area contributed by atoms with Crippen molar-refractivity contribution in [2.75, 3.05) is 0 Å². The third kappa shape index (κ3) is 2.36. The minimum atomic E-state index is -0.990. The molecule has 0 bridgehead atoms. The fourth-order valence-corrected chi connectivity index (χ4v) is 2.29. The molecule has 0 amide bonds. The van der Waals surface area contributed by atoms with Crippen LogP contribution >= 0.6 is 0 Å². The molecule has 0 atom stereocenters. The van der Waals surface area contributed by atoms with E-state index in [1.165, 1.54) is 0 Å². The number of nitrogens with zero attached hydrogens (tertiary/aromatic N) is 2. The van der Waals surface area contributed by atoms with Crippen molar-refractivity contribution >= 4 is 34.1 Å². The number of benzene rings is 2. The SMILES string of the molecule is CCC=Cc1cccc2nc3cccc(C(=O)O)c3nc12. The molecule has 0 aliphatic rings. The number of aromatic carboxylic acids is 1. The second kappa shape index (κ2) is 5.32. The number of aromatic nitrogens is 2. The molecule has 2 aromatic carbocycles. The highest BCUT2D eigenvalue weighted by molar-refractivity contribution is 6.03. The first-order chi connectivity index (χ1) is 10.2. The van der Waals surface area contributed by atoms with Gasteiger partial charge in [0.25, 0.3) is 0 Å². The van der Waals surface area contributed by atoms with Crippen LogP contribution < -0.4 is 0 Å². The molecule has 0 aliphatic heterocycles. The van der Waals surface area contributed by atoms with Crippen molar-refractivity contribution in [1.82, 2.24) is 9.97 Å². The molecule has 21 heavy (non-hydrogen) atoms. The maximum Gasteiger partial charge on any atom is 0.337 e. The van der Waals surface area contributed by atoms with Crippen LogP contribution in [-0.4, -0.2) is 21.0 Å². The quantitative estimate of drug-likeness (QED) is 0.738. The molecule has 1 aromatic heterocycles. The van der Waals surface area contributed by atoms with E-state index in [1.54, 1.807) is 18.2 Å². The van der Waals surface area contributed by atoms with E-state index in [9.17, 15) is 9.90 Å². The lowest BCUT2D eigenvalue weighted by Gasteiger charge is -2.06. The van der Waals surface area contributed by atoms with Crippen molar-refractivity contribution in [2.45, 2.75) is 13.3 Å². The van der Waals surface area contributed by atoms with Crippen LogP contribution in [0.4, 0.5) is 0 Å². The van der Waals surface area contributed by atoms with Gasteiger partial charge in [-0.15, -0.1) is 0 Å². The lowest BCUT2D eigenvalue weighted by Crippen LogP contribution is -2.00. The van der Waals surface area contributed by atoms with Gasteiger partial charge in [-0.2, -0.15) is 0 Å². The van der Waals surface area contributed by atoms with Crippen LogP contribution in [0, 0.1) is 0 Å². The number of carbonyl (C=O) groups is 1. The van der Waals surface area contributed by atoms with E-state index in [4.69, 9.17) is 0 Å². The Hall–Kier alpha value is -2.75. The summed E-state index contributed by atoms with van der Waals surface area (Å²) in [6, 6.07) is 10.8. The van der Waals surface area contributed by atoms with E-state index < -0.39 is 5.97 Å². The van der Waals surface area contributed by atoms with Crippen LogP contribution in [0.2, 0.25) is 0 Å². The van der Waals surface area contributed by atoms with Gasteiger partial charge in [0.2, 0.25) is 0 Å². The first-order valence-electron chi connectivity index (χ1n) is 6.80. The first kappa shape index (κ1) is 13.2. The van der Waals surface area contributed by atoms with Gasteiger partial charge in [0.15, 0.2) is 0 Å². The van der Waals surface area contributed by atoms with Gasteiger partial charge in [-0.05, 0) is 24.6 Å². The molecule has 1 N–H and O–H groups in total. The van der Waals surface area contributed by atoms with Crippen LogP contribution in [0.25, 0.3) is 28.1 Å². The molecule has 1 heterocycles. The minimum absolute atomic E-state index is 0.177. The highest BCUT2D eigenvalue weighted by atomic mass is 16.4. The topological polar surface area (TPSA) is 63.1 Å². The zero-order valence-electron chi connectivity index (χ0n) is 11.6. The zero-order valence-corrected chi connectivity index (χ0v) is 11.6. The van der Waals surface area contributed by atoms with Crippen LogP contribution in [-0.2, 0) is 0 Å². The molecule has 3 rings (SSSR count). The number of carboxylic acids is 1. The van der Waals surface area contributed by atoms with Crippen LogP contribution in [0.5, 0.6) is 0 Å². The molecule has 3 aromatic rings. The number of hydrogen-bond donors (Lipinski definition) is 1. The molecule has 0 spiro atoms. The lowest BCUT2D eigenvalue weighted by atomic mass is 10.1. The van der Waals surface area contributed by atoms with Crippen LogP contribution in [0.15, 0.2) is 42.5 Å². The van der Waals surface area contributed by atoms with Crippen molar-refractivity contribution in [3.05, 3.63) is 53.6 Å². The third-order valence-corrected chi connectivity index (χ3v) is 3.29. The molecule has 0 radical (unpaired) electrons. The van der Waals surface area contributed by atoms with Gasteiger partial charge in [0, 0.05) is 5.56 Å². The van der Waals surface area contributed by atoms with Gasteiger partial charge in [-0.1, -0.05) is 37.3 Å². The van der Waals surface area contributed by atoms with Crippen LogP contribution in [0.3, 0.4) is 0 Å². The van der Waals surface area contributed by atoms with Gasteiger partial charge < -0.3 is 5.11 Å². The highest BCUT2D eigenvalue weighted by Gasteiger charge is 2.12. The Morgan fingerprint density at radius 2 is 1.81 bits per heavy atom. The van der Waals surface area contributed by atoms with Crippen molar-refractivity contribution in [3.63, 3.8) is 0 Å². The monoisotopic (exact) mass is 278 g/mol. The molecule has 0 unspecified atom stereocenters. The molecule has 0 fully saturated rings. The Kier molecular flexibility index (Phi) is 3.36. The number of carboxylic acid groups (broad SMARTS) is 1. The van der Waals surface area contributed by atoms with Gasteiger partial charge in [-0.25, -0.2) is 14.8 Å². The maximum absolute atomic E-state index is 11.3. The van der Waals surface area contributed by atoms with Gasteiger partial charge in [0.1, 0.15) is 5.52 Å². The number of fused-ring (bicyclic) bond motifs is 2. The Balaban J connectivity index is 2.37. The van der Waals surface area contributed by atoms with E-state index in [1.807, 2.05) is 30.4 Å². The van der Waals surface area contributed by atoms with E-state index in [-0.39, 0.29) is 5.56 Å². The van der Waals surface area contributed by atoms with Crippen LogP contribution in [0.1, 0.15) is 29.3 Å². The van der Waals surface area contributed by atoms with Gasteiger partial charge >= 0.3 is 5.97 Å². The molecule has 4 nitrogen and oxygen atoms in total. The smallest absolute Gasteiger partial charge is 0.337 e. The fraction of sp³-hybridized carbons (Fsp3) is 0.118. The highest BCUT2D eigenvalue weighted by Crippen LogP contribution is 2.22. The molecular weight excluding hydrogens is 264 g/mol. The molecule has 0 saturated carbocycles. The summed E-state index contributed by atoms with van der Waals surface area (Å²) in [4.78, 5) is 20.4. The Labute approximate surface area is 121 Å². The second-order valence-corrected chi connectivity index (χ2v) is 4.73. The van der Waals surface area contributed by atoms with E-state index in [2.05, 4.69) is 16.9 Å². The minimum Gasteiger partial charge on any atom is -0.478 e. The van der Waals surface area contributed by atoms with Crippen molar-refractivity contribution in [2.24, 2.45) is 0 Å². The second-order valence-electron chi connectivity index (χ2n) is 4.73. The van der Waals surface area contributed by atoms with E-state index in [0.29, 0.717) is 11.0 Å². The zero-order chi connectivity index (χ0) is 14.8. The average Bonchev–Trinajstić information content (AvgIpc) is 2.50. The summed E-state index contributed by atoms with van der Waals surface area (Å²) in [5, 5.41) is 9.28. The summed E-state index contributed by atoms with van der Waals surface area (Å²) in [6.07, 6.45) is 4.97. The van der Waals surface area contributed by atoms with E-state index >= 15 is 0 Å².